The summed E-state index contributed by atoms with van der Waals surface area (Å²) in [5, 5.41) is 9.07. The highest BCUT2D eigenvalue weighted by molar-refractivity contribution is 6.40. The molecule has 1 aliphatic rings. The average molecular weight is 254 g/mol. The number of carbonyl (C=O) groups is 2. The first-order valence-corrected chi connectivity index (χ1v) is 5.62. The molecular formula is C12H12ClNO3. The van der Waals surface area contributed by atoms with E-state index in [0.29, 0.717) is 10.9 Å². The molecule has 4 nitrogen and oxygen atoms in total. The summed E-state index contributed by atoms with van der Waals surface area (Å²) >= 11 is 6.07. The Kier molecular flexibility index (Phi) is 3.17. The second-order valence-electron chi connectivity index (χ2n) is 4.29. The van der Waals surface area contributed by atoms with Crippen molar-refractivity contribution >= 4 is 23.4 Å². The zero-order chi connectivity index (χ0) is 12.6. The molecule has 0 amide bonds. The maximum Gasteiger partial charge on any atom is 0.377 e. The number of ketones is 1. The van der Waals surface area contributed by atoms with Gasteiger partial charge in [-0.2, -0.15) is 0 Å². The quantitative estimate of drug-likeness (QED) is 0.657. The van der Waals surface area contributed by atoms with Crippen LogP contribution in [0.4, 0.5) is 0 Å². The second kappa shape index (κ2) is 4.47. The van der Waals surface area contributed by atoms with Crippen molar-refractivity contribution in [3.63, 3.8) is 0 Å². The lowest BCUT2D eigenvalue weighted by molar-refractivity contribution is -0.131. The molecule has 90 valence electrons. The topological polar surface area (TPSA) is 57.6 Å². The number of benzene rings is 1. The molecule has 0 radical (unpaired) electrons. The molecule has 0 spiro atoms. The molecule has 5 heteroatoms. The van der Waals surface area contributed by atoms with E-state index in [-0.39, 0.29) is 5.56 Å². The minimum atomic E-state index is -1.46. The number of halogens is 1. The third kappa shape index (κ3) is 2.33. The first-order chi connectivity index (χ1) is 7.99. The predicted octanol–water partition coefficient (Wildman–Crippen LogP) is 1.64. The maximum absolute atomic E-state index is 11.2. The molecule has 1 aromatic rings. The number of hydrogen-bond donors (Lipinski definition) is 1. The second-order valence-corrected chi connectivity index (χ2v) is 4.70. The molecule has 1 saturated heterocycles. The zero-order valence-corrected chi connectivity index (χ0v) is 10.1. The summed E-state index contributed by atoms with van der Waals surface area (Å²) in [6.07, 6.45) is 0. The highest BCUT2D eigenvalue weighted by atomic mass is 35.5. The van der Waals surface area contributed by atoms with Crippen LogP contribution in [-0.4, -0.2) is 41.9 Å². The van der Waals surface area contributed by atoms with Crippen LogP contribution < -0.4 is 0 Å². The number of Topliss-reactive ketones (excluding diaryl/α,β-unsaturated/α-hetero) is 1. The van der Waals surface area contributed by atoms with Crippen molar-refractivity contribution in [3.05, 3.63) is 34.3 Å². The Morgan fingerprint density at radius 3 is 2.53 bits per heavy atom. The van der Waals surface area contributed by atoms with E-state index in [9.17, 15) is 9.59 Å². The van der Waals surface area contributed by atoms with Crippen molar-refractivity contribution in [2.45, 2.75) is 5.92 Å². The van der Waals surface area contributed by atoms with Gasteiger partial charge in [-0.05, 0) is 18.7 Å². The van der Waals surface area contributed by atoms with E-state index in [4.69, 9.17) is 16.7 Å². The van der Waals surface area contributed by atoms with E-state index < -0.39 is 11.8 Å². The van der Waals surface area contributed by atoms with E-state index in [1.807, 2.05) is 7.05 Å². The lowest BCUT2D eigenvalue weighted by Crippen LogP contribution is -2.41. The van der Waals surface area contributed by atoms with Gasteiger partial charge in [0.05, 0.1) is 0 Å². The summed E-state index contributed by atoms with van der Waals surface area (Å²) in [5.74, 6) is -2.01. The highest BCUT2D eigenvalue weighted by Crippen LogP contribution is 2.31. The van der Waals surface area contributed by atoms with Gasteiger partial charge >= 0.3 is 5.97 Å². The Labute approximate surface area is 104 Å². The van der Waals surface area contributed by atoms with E-state index in [1.54, 1.807) is 6.07 Å². The van der Waals surface area contributed by atoms with Gasteiger partial charge in [0.25, 0.3) is 5.78 Å². The molecule has 0 saturated carbocycles. The summed E-state index contributed by atoms with van der Waals surface area (Å²) in [7, 11) is 2.02. The fraction of sp³-hybridized carbons (Fsp3) is 0.333. The van der Waals surface area contributed by atoms with Crippen LogP contribution in [0.25, 0.3) is 0 Å². The fourth-order valence-electron chi connectivity index (χ4n) is 2.02. The molecule has 2 rings (SSSR count). The van der Waals surface area contributed by atoms with Crippen molar-refractivity contribution in [2.75, 3.05) is 20.1 Å². The zero-order valence-electron chi connectivity index (χ0n) is 9.31. The molecule has 0 unspecified atom stereocenters. The molecule has 1 aromatic carbocycles. The Balaban J connectivity index is 2.23. The van der Waals surface area contributed by atoms with Crippen molar-refractivity contribution < 1.29 is 14.7 Å². The van der Waals surface area contributed by atoms with E-state index >= 15 is 0 Å². The number of aliphatic carboxylic acids is 1. The molecule has 17 heavy (non-hydrogen) atoms. The van der Waals surface area contributed by atoms with Gasteiger partial charge in [0.15, 0.2) is 0 Å². The summed E-state index contributed by atoms with van der Waals surface area (Å²) < 4.78 is 0. The van der Waals surface area contributed by atoms with Gasteiger partial charge in [0.2, 0.25) is 0 Å². The molecule has 1 aliphatic heterocycles. The van der Waals surface area contributed by atoms with Gasteiger partial charge in [-0.3, -0.25) is 4.79 Å². The Morgan fingerprint density at radius 1 is 1.41 bits per heavy atom. The van der Waals surface area contributed by atoms with Crippen LogP contribution in [0.2, 0.25) is 5.02 Å². The fourth-order valence-corrected chi connectivity index (χ4v) is 2.35. The minimum absolute atomic E-state index is 0.124. The number of nitrogens with zero attached hydrogens (tertiary/aromatic N) is 1. The largest absolute Gasteiger partial charge is 0.475 e. The number of hydrogen-bond acceptors (Lipinski definition) is 3. The molecular weight excluding hydrogens is 242 g/mol. The first kappa shape index (κ1) is 12.1. The van der Waals surface area contributed by atoms with Gasteiger partial charge < -0.3 is 10.0 Å². The van der Waals surface area contributed by atoms with Gasteiger partial charge in [-0.1, -0.05) is 23.7 Å². The van der Waals surface area contributed by atoms with Crippen LogP contribution in [0, 0.1) is 0 Å². The van der Waals surface area contributed by atoms with Gasteiger partial charge in [0.1, 0.15) is 0 Å². The smallest absolute Gasteiger partial charge is 0.377 e. The van der Waals surface area contributed by atoms with E-state index in [1.165, 1.54) is 12.1 Å². The predicted molar refractivity (Wildman–Crippen MR) is 63.7 cm³/mol. The molecule has 1 heterocycles. The monoisotopic (exact) mass is 253 g/mol. The highest BCUT2D eigenvalue weighted by Gasteiger charge is 2.27. The van der Waals surface area contributed by atoms with E-state index in [0.717, 1.165) is 18.7 Å². The molecule has 1 N–H and O–H groups in total. The maximum atomic E-state index is 11.2. The molecule has 0 bridgehead atoms. The van der Waals surface area contributed by atoms with Crippen LogP contribution in [0.5, 0.6) is 0 Å². The minimum Gasteiger partial charge on any atom is -0.475 e. The van der Waals surface area contributed by atoms with E-state index in [2.05, 4.69) is 4.90 Å². The normalized spacial score (nSPS) is 16.6. The molecule has 0 aromatic heterocycles. The van der Waals surface area contributed by atoms with Crippen molar-refractivity contribution in [3.8, 4) is 0 Å². The van der Waals surface area contributed by atoms with Gasteiger partial charge in [-0.25, -0.2) is 4.79 Å². The lowest BCUT2D eigenvalue weighted by atomic mass is 9.91. The third-order valence-corrected chi connectivity index (χ3v) is 3.29. The third-order valence-electron chi connectivity index (χ3n) is 2.96. The van der Waals surface area contributed by atoms with Crippen LogP contribution in [0.1, 0.15) is 21.8 Å². The van der Waals surface area contributed by atoms with Crippen molar-refractivity contribution in [2.24, 2.45) is 0 Å². The Bertz CT molecular complexity index is 481. The lowest BCUT2D eigenvalue weighted by Gasteiger charge is -2.37. The Morgan fingerprint density at radius 2 is 2.06 bits per heavy atom. The summed E-state index contributed by atoms with van der Waals surface area (Å²) in [5.41, 5.74) is 1.10. The number of carboxylic acids is 1. The Hall–Kier alpha value is -1.39. The number of likely N-dealkylation sites (N-methyl/N-ethyl adjacent to an activating group) is 1. The SMILES string of the molecule is CN1CC(c2ccc(C(=O)C(=O)O)cc2Cl)C1. The standard InChI is InChI=1S/C12H12ClNO3/c1-14-5-8(6-14)9-3-2-7(4-10(9)13)11(15)12(16)17/h2-4,8H,5-6H2,1H3,(H,16,17). The number of carbonyl (C=O) groups excluding carboxylic acids is 1. The summed E-state index contributed by atoms with van der Waals surface area (Å²) in [4.78, 5) is 24.0. The number of carboxylic acid groups (broad SMARTS) is 1. The molecule has 0 aliphatic carbocycles. The van der Waals surface area contributed by atoms with Crippen LogP contribution in [0.3, 0.4) is 0 Å². The van der Waals surface area contributed by atoms with Crippen molar-refractivity contribution in [1.29, 1.82) is 0 Å². The van der Waals surface area contributed by atoms with Crippen molar-refractivity contribution in [1.82, 2.24) is 4.90 Å². The first-order valence-electron chi connectivity index (χ1n) is 5.24. The number of likely N-dealkylation sites (tertiary alicyclic amines) is 1. The van der Waals surface area contributed by atoms with Crippen LogP contribution in [-0.2, 0) is 4.79 Å². The van der Waals surface area contributed by atoms with Crippen LogP contribution >= 0.6 is 11.6 Å². The molecule has 1 fully saturated rings. The summed E-state index contributed by atoms with van der Waals surface area (Å²) in [6, 6.07) is 4.71. The van der Waals surface area contributed by atoms with Crippen LogP contribution in [0.15, 0.2) is 18.2 Å². The molecule has 0 atom stereocenters. The average Bonchev–Trinajstić information content (AvgIpc) is 2.24. The number of rotatable bonds is 3. The van der Waals surface area contributed by atoms with Gasteiger partial charge in [0, 0.05) is 29.6 Å². The summed E-state index contributed by atoms with van der Waals surface area (Å²) in [6.45, 7) is 1.87. The van der Waals surface area contributed by atoms with Gasteiger partial charge in [-0.15, -0.1) is 0 Å².